The highest BCUT2D eigenvalue weighted by molar-refractivity contribution is 5.95. The summed E-state index contributed by atoms with van der Waals surface area (Å²) in [5.74, 6) is 0.544. The van der Waals surface area contributed by atoms with E-state index >= 15 is 0 Å². The Labute approximate surface area is 193 Å². The van der Waals surface area contributed by atoms with Crippen LogP contribution < -0.4 is 26.7 Å². The number of nitrogens with one attached hydrogen (secondary N) is 1. The van der Waals surface area contributed by atoms with E-state index in [4.69, 9.17) is 26.7 Å². The molecular weight excluding hydrogens is 438 g/mol. The summed E-state index contributed by atoms with van der Waals surface area (Å²) in [4.78, 5) is 31.9. The van der Waals surface area contributed by atoms with Gasteiger partial charge in [-0.05, 0) is 30.3 Å². The van der Waals surface area contributed by atoms with Gasteiger partial charge in [0.15, 0.2) is 11.6 Å². The molecule has 34 heavy (non-hydrogen) atoms. The average Bonchev–Trinajstić information content (AvgIpc) is 3.22. The van der Waals surface area contributed by atoms with Crippen LogP contribution in [0.5, 0.6) is 23.4 Å². The molecule has 0 aliphatic heterocycles. The molecule has 0 aliphatic rings. The van der Waals surface area contributed by atoms with Crippen molar-refractivity contribution in [2.75, 3.05) is 0 Å². The fourth-order valence-electron chi connectivity index (χ4n) is 3.06. The minimum absolute atomic E-state index is 0.0252. The molecule has 2 heterocycles. The molecule has 7 N–H and O–H groups in total. The van der Waals surface area contributed by atoms with Gasteiger partial charge in [0.2, 0.25) is 5.91 Å². The number of aryl methyl sites for hydroxylation is 1. The molecule has 0 aliphatic carbocycles. The molecule has 12 nitrogen and oxygen atoms in total. The Hall–Kier alpha value is -5.18. The predicted octanol–water partition coefficient (Wildman–Crippen LogP) is 2.38. The summed E-state index contributed by atoms with van der Waals surface area (Å²) in [7, 11) is 0. The van der Waals surface area contributed by atoms with Gasteiger partial charge in [-0.3, -0.25) is 4.79 Å². The molecule has 0 saturated carbocycles. The Morgan fingerprint density at radius 1 is 1.09 bits per heavy atom. The molecule has 0 bridgehead atoms. The third-order valence-corrected chi connectivity index (χ3v) is 4.56. The summed E-state index contributed by atoms with van der Waals surface area (Å²) >= 11 is 0. The fourth-order valence-corrected chi connectivity index (χ4v) is 3.06. The van der Waals surface area contributed by atoms with Crippen LogP contribution in [0, 0.1) is 11.3 Å². The maximum absolute atomic E-state index is 11.7. The number of H-pyrrole nitrogens is 1. The maximum Gasteiger partial charge on any atom is 0.327 e. The number of amides is 1. The number of guanidine groups is 1. The number of carbonyl (C=O) groups excluding carboxylic acids is 1. The van der Waals surface area contributed by atoms with Crippen LogP contribution >= 0.6 is 0 Å². The largest absolute Gasteiger partial charge is 0.437 e. The van der Waals surface area contributed by atoms with E-state index in [1.807, 2.05) is 13.0 Å². The third kappa shape index (κ3) is 4.68. The van der Waals surface area contributed by atoms with Crippen LogP contribution in [0.1, 0.15) is 28.7 Å². The van der Waals surface area contributed by atoms with Crippen molar-refractivity contribution in [1.29, 1.82) is 5.26 Å². The molecule has 0 saturated heterocycles. The number of fused-ring (bicyclic) bond motifs is 1. The minimum Gasteiger partial charge on any atom is -0.437 e. The molecule has 0 atom stereocenters. The molecule has 0 fully saturated rings. The number of benzene rings is 2. The van der Waals surface area contributed by atoms with Gasteiger partial charge < -0.3 is 31.7 Å². The first-order valence-electron chi connectivity index (χ1n) is 10.0. The van der Waals surface area contributed by atoms with Crippen molar-refractivity contribution >= 4 is 28.7 Å². The molecule has 2 aromatic heterocycles. The Morgan fingerprint density at radius 2 is 1.88 bits per heavy atom. The van der Waals surface area contributed by atoms with Gasteiger partial charge in [-0.25, -0.2) is 9.98 Å². The molecule has 2 aromatic carbocycles. The van der Waals surface area contributed by atoms with E-state index in [1.54, 1.807) is 24.3 Å². The summed E-state index contributed by atoms with van der Waals surface area (Å²) in [6, 6.07) is 12.9. The Bertz CT molecular complexity index is 1470. The number of carbonyl (C=O) groups is 1. The van der Waals surface area contributed by atoms with Gasteiger partial charge in [0.25, 0.3) is 5.88 Å². The van der Waals surface area contributed by atoms with Crippen LogP contribution in [0.25, 0.3) is 11.2 Å². The summed E-state index contributed by atoms with van der Waals surface area (Å²) < 4.78 is 11.7. The standard InChI is InChI=1S/C22H19N9O3/c1-2-16-28-17-19(29-16)30-22(34-13-5-3-4-12(8-13)27-21(25)26)31-20(17)33-14-7-6-11(10-23)15(9-14)18(24)32/h3-9H,2H2,1H3,(H2,24,32)(H4,25,26,27)(H,28,29,30,31). The number of imidazole rings is 1. The predicted molar refractivity (Wildman–Crippen MR) is 123 cm³/mol. The Kier molecular flexibility index (Phi) is 5.91. The number of aromatic amines is 1. The lowest BCUT2D eigenvalue weighted by Crippen LogP contribution is -2.21. The minimum atomic E-state index is -0.755. The molecule has 4 rings (SSSR count). The van der Waals surface area contributed by atoms with E-state index in [0.29, 0.717) is 34.8 Å². The first-order chi connectivity index (χ1) is 16.4. The zero-order chi connectivity index (χ0) is 24.2. The second-order valence-electron chi connectivity index (χ2n) is 6.97. The number of hydrogen-bond acceptors (Lipinski definition) is 8. The van der Waals surface area contributed by atoms with E-state index in [0.717, 1.165) is 0 Å². The van der Waals surface area contributed by atoms with Gasteiger partial charge in [0, 0.05) is 12.5 Å². The van der Waals surface area contributed by atoms with Gasteiger partial charge in [0.1, 0.15) is 22.8 Å². The zero-order valence-corrected chi connectivity index (χ0v) is 17.9. The number of rotatable bonds is 7. The lowest BCUT2D eigenvalue weighted by Gasteiger charge is -2.09. The van der Waals surface area contributed by atoms with E-state index in [9.17, 15) is 10.1 Å². The van der Waals surface area contributed by atoms with E-state index < -0.39 is 5.91 Å². The lowest BCUT2D eigenvalue weighted by atomic mass is 10.1. The van der Waals surface area contributed by atoms with E-state index in [1.165, 1.54) is 18.2 Å². The first-order valence-corrected chi connectivity index (χ1v) is 10.0. The van der Waals surface area contributed by atoms with Crippen molar-refractivity contribution in [1.82, 2.24) is 19.9 Å². The second-order valence-corrected chi connectivity index (χ2v) is 6.97. The number of primary amides is 1. The molecule has 0 unspecified atom stereocenters. The van der Waals surface area contributed by atoms with Gasteiger partial charge in [0.05, 0.1) is 22.9 Å². The van der Waals surface area contributed by atoms with Crippen LogP contribution in [0.2, 0.25) is 0 Å². The maximum atomic E-state index is 11.7. The van der Waals surface area contributed by atoms with E-state index in [-0.39, 0.29) is 34.7 Å². The monoisotopic (exact) mass is 457 g/mol. The molecular formula is C22H19N9O3. The van der Waals surface area contributed by atoms with Crippen molar-refractivity contribution in [2.24, 2.45) is 22.2 Å². The smallest absolute Gasteiger partial charge is 0.327 e. The molecule has 12 heteroatoms. The number of aromatic nitrogens is 4. The van der Waals surface area contributed by atoms with E-state index in [2.05, 4.69) is 24.9 Å². The first kappa shape index (κ1) is 22.0. The molecule has 0 radical (unpaired) electrons. The molecule has 4 aromatic rings. The number of nitrogens with zero attached hydrogens (tertiary/aromatic N) is 5. The van der Waals surface area contributed by atoms with Crippen LogP contribution in [-0.4, -0.2) is 31.8 Å². The van der Waals surface area contributed by atoms with Gasteiger partial charge in [-0.15, -0.1) is 0 Å². The number of nitriles is 1. The molecule has 170 valence electrons. The quantitative estimate of drug-likeness (QED) is 0.237. The topological polar surface area (TPSA) is 204 Å². The summed E-state index contributed by atoms with van der Waals surface area (Å²) in [5, 5.41) is 9.19. The summed E-state index contributed by atoms with van der Waals surface area (Å²) in [6.07, 6.45) is 0.620. The van der Waals surface area contributed by atoms with Gasteiger partial charge in [-0.2, -0.15) is 15.2 Å². The second kappa shape index (κ2) is 9.13. The number of ether oxygens (including phenoxy) is 2. The lowest BCUT2D eigenvalue weighted by molar-refractivity contribution is 0.0999. The number of hydrogen-bond donors (Lipinski definition) is 4. The van der Waals surface area contributed by atoms with Crippen molar-refractivity contribution in [2.45, 2.75) is 13.3 Å². The van der Waals surface area contributed by atoms with Crippen LogP contribution in [0.15, 0.2) is 47.5 Å². The SMILES string of the molecule is CCc1nc2nc(Oc3cccc(N=C(N)N)c3)nc(Oc3ccc(C#N)c(C(N)=O)c3)c2[nH]1. The Morgan fingerprint density at radius 3 is 2.59 bits per heavy atom. The highest BCUT2D eigenvalue weighted by Crippen LogP contribution is 2.31. The van der Waals surface area contributed by atoms with Gasteiger partial charge >= 0.3 is 6.01 Å². The van der Waals surface area contributed by atoms with Crippen molar-refractivity contribution in [3.8, 4) is 29.5 Å². The Balaban J connectivity index is 1.74. The van der Waals surface area contributed by atoms with Gasteiger partial charge in [-0.1, -0.05) is 13.0 Å². The highest BCUT2D eigenvalue weighted by Gasteiger charge is 2.17. The van der Waals surface area contributed by atoms with Crippen molar-refractivity contribution in [3.05, 3.63) is 59.4 Å². The molecule has 0 spiro atoms. The average molecular weight is 457 g/mol. The normalized spacial score (nSPS) is 10.5. The highest BCUT2D eigenvalue weighted by atomic mass is 16.5. The number of aliphatic imine (C=N–C) groups is 1. The van der Waals surface area contributed by atoms with Crippen LogP contribution in [0.4, 0.5) is 5.69 Å². The zero-order valence-electron chi connectivity index (χ0n) is 17.9. The van der Waals surface area contributed by atoms with Crippen molar-refractivity contribution < 1.29 is 14.3 Å². The number of nitrogens with two attached hydrogens (primary N) is 3. The van der Waals surface area contributed by atoms with Crippen LogP contribution in [-0.2, 0) is 6.42 Å². The van der Waals surface area contributed by atoms with Crippen LogP contribution in [0.3, 0.4) is 0 Å². The summed E-state index contributed by atoms with van der Waals surface area (Å²) in [5.41, 5.74) is 17.6. The summed E-state index contributed by atoms with van der Waals surface area (Å²) in [6.45, 7) is 1.93. The third-order valence-electron chi connectivity index (χ3n) is 4.56. The molecule has 1 amide bonds. The fraction of sp³-hybridized carbons (Fsp3) is 0.0909. The van der Waals surface area contributed by atoms with Crippen molar-refractivity contribution in [3.63, 3.8) is 0 Å².